The monoisotopic (exact) mass is 516 g/mol. The Bertz CT molecular complexity index is 1110. The van der Waals surface area contributed by atoms with Crippen LogP contribution in [0.1, 0.15) is 58.2 Å². The van der Waals surface area contributed by atoms with Crippen molar-refractivity contribution in [2.24, 2.45) is 0 Å². The zero-order valence-corrected chi connectivity index (χ0v) is 22.7. The molecule has 202 valence electrons. The van der Waals surface area contributed by atoms with Crippen LogP contribution in [-0.2, 0) is 41.5 Å². The summed E-state index contributed by atoms with van der Waals surface area (Å²) in [5, 5.41) is 0. The third kappa shape index (κ3) is 6.61. The Morgan fingerprint density at radius 2 is 1.35 bits per heavy atom. The Labute approximate surface area is 217 Å². The van der Waals surface area contributed by atoms with E-state index in [4.69, 9.17) is 18.9 Å². The van der Waals surface area contributed by atoms with Crippen molar-refractivity contribution in [3.8, 4) is 0 Å². The van der Waals surface area contributed by atoms with Crippen molar-refractivity contribution in [1.29, 1.82) is 0 Å². The molecule has 0 saturated heterocycles. The average Bonchev–Trinajstić information content (AvgIpc) is 3.25. The number of rotatable bonds is 3. The van der Waals surface area contributed by atoms with E-state index < -0.39 is 47.4 Å². The first-order chi connectivity index (χ1) is 17.1. The van der Waals surface area contributed by atoms with Gasteiger partial charge in [0.25, 0.3) is 0 Å². The summed E-state index contributed by atoms with van der Waals surface area (Å²) >= 11 is 0. The molecule has 2 aliphatic rings. The summed E-state index contributed by atoms with van der Waals surface area (Å²) in [7, 11) is 2.55. The molecule has 0 fully saturated rings. The highest BCUT2D eigenvalue weighted by molar-refractivity contribution is 5.90. The molecule has 10 nitrogen and oxygen atoms in total. The van der Waals surface area contributed by atoms with Gasteiger partial charge in [-0.05, 0) is 75.9 Å². The van der Waals surface area contributed by atoms with Crippen molar-refractivity contribution in [2.45, 2.75) is 77.8 Å². The van der Waals surface area contributed by atoms with Crippen LogP contribution in [0.25, 0.3) is 5.57 Å². The molecule has 2 heterocycles. The molecule has 1 unspecified atom stereocenters. The molecule has 2 amide bonds. The van der Waals surface area contributed by atoms with E-state index in [2.05, 4.69) is 0 Å². The molecule has 0 bridgehead atoms. The molecule has 0 aliphatic carbocycles. The van der Waals surface area contributed by atoms with Gasteiger partial charge < -0.3 is 18.9 Å². The fraction of sp³-hybridized carbons (Fsp3) is 0.556. The molecule has 0 N–H and O–H groups in total. The predicted octanol–water partition coefficient (Wildman–Crippen LogP) is 3.70. The Morgan fingerprint density at radius 1 is 0.784 bits per heavy atom. The summed E-state index contributed by atoms with van der Waals surface area (Å²) in [5.41, 5.74) is 1.78. The summed E-state index contributed by atoms with van der Waals surface area (Å²) in [6, 6.07) is 3.92. The summed E-state index contributed by atoms with van der Waals surface area (Å²) in [5.74, 6) is -1.09. The molecule has 0 saturated carbocycles. The minimum atomic E-state index is -0.923. The lowest BCUT2D eigenvalue weighted by Crippen LogP contribution is -2.50. The largest absolute Gasteiger partial charge is 0.467 e. The molecule has 37 heavy (non-hydrogen) atoms. The SMILES string of the molecule is COC(=O)C1Cc2ccc(C3=C[C@@H](C(=O)OC)N(C(=O)OC(C)(C)C)C3)cc2CN1C(=O)OC(C)(C)C. The second kappa shape index (κ2) is 10.4. The van der Waals surface area contributed by atoms with Crippen molar-refractivity contribution in [3.63, 3.8) is 0 Å². The molecule has 0 radical (unpaired) electrons. The van der Waals surface area contributed by atoms with Crippen LogP contribution in [0.2, 0.25) is 0 Å². The van der Waals surface area contributed by atoms with E-state index >= 15 is 0 Å². The van der Waals surface area contributed by atoms with E-state index in [0.29, 0.717) is 0 Å². The van der Waals surface area contributed by atoms with Gasteiger partial charge in [0.2, 0.25) is 0 Å². The number of hydrogen-bond donors (Lipinski definition) is 0. The number of amides is 2. The summed E-state index contributed by atoms with van der Waals surface area (Å²) < 4.78 is 20.9. The maximum Gasteiger partial charge on any atom is 0.411 e. The first-order valence-corrected chi connectivity index (χ1v) is 12.1. The first-order valence-electron chi connectivity index (χ1n) is 12.1. The van der Waals surface area contributed by atoms with Crippen LogP contribution in [0.5, 0.6) is 0 Å². The third-order valence-electron chi connectivity index (χ3n) is 5.91. The van der Waals surface area contributed by atoms with Gasteiger partial charge in [0.1, 0.15) is 17.2 Å². The van der Waals surface area contributed by atoms with Crippen LogP contribution in [0.3, 0.4) is 0 Å². The zero-order chi connectivity index (χ0) is 27.7. The fourth-order valence-corrected chi connectivity index (χ4v) is 4.26. The Hall–Kier alpha value is -3.56. The van der Waals surface area contributed by atoms with Gasteiger partial charge in [0.05, 0.1) is 27.3 Å². The standard InChI is InChI=1S/C27H36N2O8/c1-26(2,3)36-24(32)28-14-18-11-16(9-10-17(18)12-20(28)22(30)34-7)19-13-21(23(31)35-8)29(15-19)25(33)37-27(4,5)6/h9-11,13,20-21H,12,14-15H2,1-8H3/t20?,21-/m0/s1. The summed E-state index contributed by atoms with van der Waals surface area (Å²) in [6.07, 6.45) is 0.725. The normalized spacial score (nSPS) is 19.5. The lowest BCUT2D eigenvalue weighted by molar-refractivity contribution is -0.147. The highest BCUT2D eigenvalue weighted by atomic mass is 16.6. The molecule has 1 aromatic carbocycles. The quantitative estimate of drug-likeness (QED) is 0.442. The molecule has 3 rings (SSSR count). The number of methoxy groups -OCH3 is 2. The van der Waals surface area contributed by atoms with Gasteiger partial charge in [-0.3, -0.25) is 9.80 Å². The van der Waals surface area contributed by atoms with Gasteiger partial charge in [-0.25, -0.2) is 19.2 Å². The van der Waals surface area contributed by atoms with Crippen molar-refractivity contribution in [3.05, 3.63) is 41.0 Å². The summed E-state index contributed by atoms with van der Waals surface area (Å²) in [4.78, 5) is 53.4. The molecule has 2 atom stereocenters. The lowest BCUT2D eigenvalue weighted by Gasteiger charge is -2.36. The maximum atomic E-state index is 13.0. The number of ether oxygens (including phenoxy) is 4. The summed E-state index contributed by atoms with van der Waals surface area (Å²) in [6.45, 7) is 10.8. The van der Waals surface area contributed by atoms with Gasteiger partial charge in [-0.2, -0.15) is 0 Å². The second-order valence-electron chi connectivity index (χ2n) is 11.1. The number of hydrogen-bond acceptors (Lipinski definition) is 8. The van der Waals surface area contributed by atoms with Crippen molar-refractivity contribution in [2.75, 3.05) is 20.8 Å². The van der Waals surface area contributed by atoms with E-state index in [1.807, 2.05) is 18.2 Å². The number of carbonyl (C=O) groups is 4. The van der Waals surface area contributed by atoms with Crippen LogP contribution < -0.4 is 0 Å². The minimum absolute atomic E-state index is 0.140. The van der Waals surface area contributed by atoms with E-state index in [0.717, 1.165) is 22.3 Å². The smallest absolute Gasteiger partial charge is 0.411 e. The van der Waals surface area contributed by atoms with Crippen molar-refractivity contribution < 1.29 is 38.1 Å². The van der Waals surface area contributed by atoms with Gasteiger partial charge in [0, 0.05) is 6.42 Å². The Morgan fingerprint density at radius 3 is 1.89 bits per heavy atom. The lowest BCUT2D eigenvalue weighted by atomic mass is 9.91. The van der Waals surface area contributed by atoms with Crippen LogP contribution in [0.15, 0.2) is 24.3 Å². The zero-order valence-electron chi connectivity index (χ0n) is 22.7. The Balaban J connectivity index is 1.92. The molecule has 0 aromatic heterocycles. The molecular formula is C27H36N2O8. The van der Waals surface area contributed by atoms with Crippen LogP contribution >= 0.6 is 0 Å². The fourth-order valence-electron chi connectivity index (χ4n) is 4.26. The number of fused-ring (bicyclic) bond motifs is 1. The van der Waals surface area contributed by atoms with E-state index in [-0.39, 0.29) is 19.5 Å². The predicted molar refractivity (Wildman–Crippen MR) is 134 cm³/mol. The number of nitrogens with zero attached hydrogens (tertiary/aromatic N) is 2. The number of carbonyl (C=O) groups excluding carboxylic acids is 4. The van der Waals surface area contributed by atoms with Crippen molar-refractivity contribution >= 4 is 29.7 Å². The Kier molecular flexibility index (Phi) is 7.90. The average molecular weight is 517 g/mol. The van der Waals surface area contributed by atoms with Gasteiger partial charge in [-0.1, -0.05) is 12.1 Å². The second-order valence-corrected chi connectivity index (χ2v) is 11.1. The molecule has 0 spiro atoms. The number of esters is 2. The topological polar surface area (TPSA) is 112 Å². The van der Waals surface area contributed by atoms with Crippen LogP contribution in [-0.4, -0.2) is 78.0 Å². The van der Waals surface area contributed by atoms with E-state index in [1.165, 1.54) is 24.0 Å². The van der Waals surface area contributed by atoms with Crippen LogP contribution in [0.4, 0.5) is 9.59 Å². The first kappa shape index (κ1) is 28.0. The molecule has 1 aromatic rings. The molecular weight excluding hydrogens is 480 g/mol. The van der Waals surface area contributed by atoms with E-state index in [9.17, 15) is 19.2 Å². The van der Waals surface area contributed by atoms with Crippen LogP contribution in [0, 0.1) is 0 Å². The van der Waals surface area contributed by atoms with Gasteiger partial charge >= 0.3 is 24.1 Å². The van der Waals surface area contributed by atoms with Crippen molar-refractivity contribution in [1.82, 2.24) is 9.80 Å². The third-order valence-corrected chi connectivity index (χ3v) is 5.91. The number of benzene rings is 1. The van der Waals surface area contributed by atoms with Gasteiger partial charge in [0.15, 0.2) is 6.04 Å². The molecule has 10 heteroatoms. The maximum absolute atomic E-state index is 13.0. The molecule has 2 aliphatic heterocycles. The van der Waals surface area contributed by atoms with E-state index in [1.54, 1.807) is 47.6 Å². The highest BCUT2D eigenvalue weighted by Gasteiger charge is 2.40. The highest BCUT2D eigenvalue weighted by Crippen LogP contribution is 2.32. The van der Waals surface area contributed by atoms with Gasteiger partial charge in [-0.15, -0.1) is 0 Å². The minimum Gasteiger partial charge on any atom is -0.467 e.